The zero-order valence-corrected chi connectivity index (χ0v) is 17.6. The number of rotatable bonds is 8. The monoisotopic (exact) mass is 410 g/mol. The fraction of sp³-hybridized carbons (Fsp3) is 0.579. The van der Waals surface area contributed by atoms with E-state index in [9.17, 15) is 18.0 Å². The molecule has 2 N–H and O–H groups in total. The van der Waals surface area contributed by atoms with Gasteiger partial charge in [0.15, 0.2) is 0 Å². The molecule has 28 heavy (non-hydrogen) atoms. The number of nitrogens with one attached hydrogen (secondary N) is 2. The van der Waals surface area contributed by atoms with Gasteiger partial charge in [-0.1, -0.05) is 26.0 Å². The van der Waals surface area contributed by atoms with Crippen molar-refractivity contribution in [3.63, 3.8) is 0 Å². The predicted molar refractivity (Wildman–Crippen MR) is 107 cm³/mol. The molecule has 1 fully saturated rings. The van der Waals surface area contributed by atoms with Gasteiger partial charge in [0.1, 0.15) is 0 Å². The third-order valence-corrected chi connectivity index (χ3v) is 7.04. The van der Waals surface area contributed by atoms with E-state index >= 15 is 0 Å². The van der Waals surface area contributed by atoms with Gasteiger partial charge in [-0.3, -0.25) is 14.5 Å². The standard InChI is InChI=1S/C19H30N4O4S/c1-4-15(2)16-5-7-17(8-6-16)28(26,27)23-11-9-22(10-12-23)14-19(25)21-13-18(24)20-3/h5-8,15H,4,9-14H2,1-3H3,(H,20,24)(H,21,25)/t15-/m1/s1. The Hall–Kier alpha value is -1.97. The van der Waals surface area contributed by atoms with Gasteiger partial charge in [-0.05, 0) is 30.0 Å². The van der Waals surface area contributed by atoms with E-state index < -0.39 is 10.0 Å². The Morgan fingerprint density at radius 3 is 2.21 bits per heavy atom. The molecule has 0 aromatic heterocycles. The maximum Gasteiger partial charge on any atom is 0.243 e. The van der Waals surface area contributed by atoms with E-state index in [-0.39, 0.29) is 24.9 Å². The van der Waals surface area contributed by atoms with Gasteiger partial charge in [0.05, 0.1) is 18.0 Å². The van der Waals surface area contributed by atoms with Gasteiger partial charge >= 0.3 is 0 Å². The van der Waals surface area contributed by atoms with Crippen molar-refractivity contribution in [2.24, 2.45) is 0 Å². The predicted octanol–water partition coefficient (Wildman–Crippen LogP) is 0.369. The molecule has 156 valence electrons. The number of hydrogen-bond acceptors (Lipinski definition) is 5. The van der Waals surface area contributed by atoms with Gasteiger partial charge in [0.25, 0.3) is 0 Å². The molecule has 0 unspecified atom stereocenters. The molecule has 1 aliphatic heterocycles. The molecule has 9 heteroatoms. The number of sulfonamides is 1. The molecule has 0 aliphatic carbocycles. The number of benzene rings is 1. The summed E-state index contributed by atoms with van der Waals surface area (Å²) in [6.45, 7) is 5.91. The van der Waals surface area contributed by atoms with E-state index in [0.717, 1.165) is 12.0 Å². The van der Waals surface area contributed by atoms with Crippen LogP contribution in [0.3, 0.4) is 0 Å². The number of carbonyl (C=O) groups is 2. The number of hydrogen-bond donors (Lipinski definition) is 2. The quantitative estimate of drug-likeness (QED) is 0.645. The Balaban J connectivity index is 1.89. The molecule has 0 spiro atoms. The van der Waals surface area contributed by atoms with Crippen LogP contribution in [0.4, 0.5) is 0 Å². The SMILES string of the molecule is CC[C@@H](C)c1ccc(S(=O)(=O)N2CCN(CC(=O)NCC(=O)NC)CC2)cc1. The van der Waals surface area contributed by atoms with Crippen LogP contribution in [0.25, 0.3) is 0 Å². The van der Waals surface area contributed by atoms with Crippen molar-refractivity contribution in [1.82, 2.24) is 19.8 Å². The van der Waals surface area contributed by atoms with E-state index in [0.29, 0.717) is 37.0 Å². The fourth-order valence-corrected chi connectivity index (χ4v) is 4.43. The number of likely N-dealkylation sites (N-methyl/N-ethyl adjacent to an activating group) is 1. The lowest BCUT2D eigenvalue weighted by Gasteiger charge is -2.33. The van der Waals surface area contributed by atoms with Crippen LogP contribution >= 0.6 is 0 Å². The Morgan fingerprint density at radius 1 is 1.07 bits per heavy atom. The second-order valence-electron chi connectivity index (χ2n) is 7.01. The Kier molecular flexibility index (Phi) is 7.97. The van der Waals surface area contributed by atoms with E-state index in [1.165, 1.54) is 11.4 Å². The number of nitrogens with zero attached hydrogens (tertiary/aromatic N) is 2. The fourth-order valence-electron chi connectivity index (χ4n) is 3.01. The summed E-state index contributed by atoms with van der Waals surface area (Å²) in [5.74, 6) is -0.112. The summed E-state index contributed by atoms with van der Waals surface area (Å²) in [5, 5.41) is 4.98. The molecule has 2 rings (SSSR count). The summed E-state index contributed by atoms with van der Waals surface area (Å²) in [5.41, 5.74) is 1.13. The van der Waals surface area contributed by atoms with Crippen molar-refractivity contribution < 1.29 is 18.0 Å². The zero-order valence-electron chi connectivity index (χ0n) is 16.8. The molecule has 1 aromatic rings. The normalized spacial score (nSPS) is 17.1. The third-order valence-electron chi connectivity index (χ3n) is 5.12. The number of amides is 2. The largest absolute Gasteiger partial charge is 0.358 e. The van der Waals surface area contributed by atoms with Gasteiger partial charge in [-0.2, -0.15) is 4.31 Å². The molecule has 0 radical (unpaired) electrons. The minimum atomic E-state index is -3.53. The minimum absolute atomic E-state index is 0.0592. The van der Waals surface area contributed by atoms with Gasteiger partial charge in [0, 0.05) is 33.2 Å². The molecule has 1 heterocycles. The van der Waals surface area contributed by atoms with E-state index in [4.69, 9.17) is 0 Å². The van der Waals surface area contributed by atoms with Gasteiger partial charge < -0.3 is 10.6 Å². The lowest BCUT2D eigenvalue weighted by molar-refractivity contribution is -0.126. The second-order valence-corrected chi connectivity index (χ2v) is 8.95. The van der Waals surface area contributed by atoms with Crippen molar-refractivity contribution in [2.45, 2.75) is 31.1 Å². The van der Waals surface area contributed by atoms with Crippen molar-refractivity contribution >= 4 is 21.8 Å². The van der Waals surface area contributed by atoms with Crippen LogP contribution in [0.2, 0.25) is 0 Å². The molecule has 1 aliphatic rings. The van der Waals surface area contributed by atoms with Crippen LogP contribution in [-0.2, 0) is 19.6 Å². The van der Waals surface area contributed by atoms with Crippen molar-refractivity contribution in [3.8, 4) is 0 Å². The lowest BCUT2D eigenvalue weighted by atomic mass is 9.99. The summed E-state index contributed by atoms with van der Waals surface area (Å²) in [7, 11) is -2.03. The first-order valence-corrected chi connectivity index (χ1v) is 11.0. The zero-order chi connectivity index (χ0) is 20.7. The molecule has 0 bridgehead atoms. The summed E-state index contributed by atoms with van der Waals surface area (Å²) in [6.07, 6.45) is 1.00. The molecule has 1 aromatic carbocycles. The Bertz CT molecular complexity index is 772. The molecular formula is C19H30N4O4S. The minimum Gasteiger partial charge on any atom is -0.358 e. The van der Waals surface area contributed by atoms with E-state index in [1.54, 1.807) is 12.1 Å². The van der Waals surface area contributed by atoms with Crippen LogP contribution in [0.5, 0.6) is 0 Å². The number of piperazine rings is 1. The molecular weight excluding hydrogens is 380 g/mol. The van der Waals surface area contributed by atoms with Crippen molar-refractivity contribution in [3.05, 3.63) is 29.8 Å². The molecule has 2 amide bonds. The number of carbonyl (C=O) groups excluding carboxylic acids is 2. The average molecular weight is 411 g/mol. The molecule has 0 saturated carbocycles. The smallest absolute Gasteiger partial charge is 0.243 e. The maximum absolute atomic E-state index is 12.9. The highest BCUT2D eigenvalue weighted by Crippen LogP contribution is 2.23. The van der Waals surface area contributed by atoms with Crippen LogP contribution in [0.15, 0.2) is 29.2 Å². The Labute approximate surface area is 167 Å². The summed E-state index contributed by atoms with van der Waals surface area (Å²) >= 11 is 0. The first-order valence-electron chi connectivity index (χ1n) is 9.57. The first kappa shape index (κ1) is 22.3. The third kappa shape index (κ3) is 5.76. The van der Waals surface area contributed by atoms with Crippen molar-refractivity contribution in [2.75, 3.05) is 46.3 Å². The maximum atomic E-state index is 12.9. The highest BCUT2D eigenvalue weighted by Gasteiger charge is 2.29. The van der Waals surface area contributed by atoms with Gasteiger partial charge in [0.2, 0.25) is 21.8 Å². The van der Waals surface area contributed by atoms with Crippen LogP contribution in [0, 0.1) is 0 Å². The van der Waals surface area contributed by atoms with Crippen LogP contribution in [-0.4, -0.2) is 75.8 Å². The topological polar surface area (TPSA) is 98.8 Å². The summed E-state index contributed by atoms with van der Waals surface area (Å²) < 4.78 is 27.2. The summed E-state index contributed by atoms with van der Waals surface area (Å²) in [6, 6.07) is 7.12. The lowest BCUT2D eigenvalue weighted by Crippen LogP contribution is -2.51. The van der Waals surface area contributed by atoms with E-state index in [2.05, 4.69) is 24.5 Å². The van der Waals surface area contributed by atoms with Crippen LogP contribution < -0.4 is 10.6 Å². The van der Waals surface area contributed by atoms with Crippen LogP contribution in [0.1, 0.15) is 31.7 Å². The average Bonchev–Trinajstić information content (AvgIpc) is 2.71. The van der Waals surface area contributed by atoms with Crippen molar-refractivity contribution in [1.29, 1.82) is 0 Å². The second kappa shape index (κ2) is 9.99. The molecule has 1 saturated heterocycles. The summed E-state index contributed by atoms with van der Waals surface area (Å²) in [4.78, 5) is 25.2. The molecule has 1 atom stereocenters. The van der Waals surface area contributed by atoms with E-state index in [1.807, 2.05) is 17.0 Å². The Morgan fingerprint density at radius 2 is 1.68 bits per heavy atom. The van der Waals surface area contributed by atoms with Gasteiger partial charge in [-0.25, -0.2) is 8.42 Å². The molecule has 8 nitrogen and oxygen atoms in total. The highest BCUT2D eigenvalue weighted by atomic mass is 32.2. The first-order chi connectivity index (χ1) is 13.3. The van der Waals surface area contributed by atoms with Gasteiger partial charge in [-0.15, -0.1) is 0 Å². The highest BCUT2D eigenvalue weighted by molar-refractivity contribution is 7.89.